The Morgan fingerprint density at radius 3 is 2.34 bits per heavy atom. The van der Waals surface area contributed by atoms with Gasteiger partial charge in [-0.1, -0.05) is 23.9 Å². The van der Waals surface area contributed by atoms with Gasteiger partial charge in [-0.25, -0.2) is 0 Å². The Balaban J connectivity index is 1.97. The summed E-state index contributed by atoms with van der Waals surface area (Å²) in [7, 11) is 1.67. The van der Waals surface area contributed by atoms with Crippen LogP contribution in [0.4, 0.5) is 32.0 Å². The summed E-state index contributed by atoms with van der Waals surface area (Å²) in [5, 5.41) is 5.41. The van der Waals surface area contributed by atoms with Gasteiger partial charge in [-0.2, -0.15) is 26.3 Å². The van der Waals surface area contributed by atoms with E-state index in [2.05, 4.69) is 10.6 Å². The third-order valence-corrected chi connectivity index (χ3v) is 6.49. The molecule has 38 heavy (non-hydrogen) atoms. The summed E-state index contributed by atoms with van der Waals surface area (Å²) in [6, 6.07) is 7.65. The maximum Gasteiger partial charge on any atom is 0.418 e. The zero-order valence-electron chi connectivity index (χ0n) is 20.2. The average Bonchev–Trinajstić information content (AvgIpc) is 2.85. The number of hydrogen-bond donors (Lipinski definition) is 2. The van der Waals surface area contributed by atoms with Crippen molar-refractivity contribution in [1.29, 1.82) is 0 Å². The Kier molecular flexibility index (Phi) is 9.85. The van der Waals surface area contributed by atoms with Crippen molar-refractivity contribution in [2.75, 3.05) is 45.2 Å². The van der Waals surface area contributed by atoms with Gasteiger partial charge in [0.2, 0.25) is 11.8 Å². The van der Waals surface area contributed by atoms with Crippen LogP contribution < -0.4 is 10.6 Å². The molecule has 0 aromatic heterocycles. The summed E-state index contributed by atoms with van der Waals surface area (Å²) < 4.78 is 89.5. The van der Waals surface area contributed by atoms with E-state index in [4.69, 9.17) is 4.74 Å². The standard InChI is InChI=1S/C25H25F6N3O3S/c1-32-10-9-20(35)33-17-3-2-4-18(15-17)38-19-7-5-16(6-8-21(36)34-11-13-37-14-12-34)22(24(26,27)28)23(19)25(29,30)31/h2-8,15,32H,9-14H2,1H3,(H,33,35)/b8-6+. The smallest absolute Gasteiger partial charge is 0.378 e. The fraction of sp³-hybridized carbons (Fsp3) is 0.360. The Morgan fingerprint density at radius 1 is 1.03 bits per heavy atom. The maximum absolute atomic E-state index is 14.1. The lowest BCUT2D eigenvalue weighted by atomic mass is 9.99. The van der Waals surface area contributed by atoms with Crippen LogP contribution in [0.25, 0.3) is 6.08 Å². The van der Waals surface area contributed by atoms with Crippen LogP contribution >= 0.6 is 11.8 Å². The first-order chi connectivity index (χ1) is 17.9. The molecule has 3 rings (SSSR count). The molecule has 0 unspecified atom stereocenters. The number of carbonyl (C=O) groups is 2. The molecule has 0 bridgehead atoms. The topological polar surface area (TPSA) is 70.7 Å². The molecule has 1 aliphatic rings. The SMILES string of the molecule is CNCCC(=O)Nc1cccc(Sc2ccc(/C=C/C(=O)N3CCOCC3)c(C(F)(F)F)c2C(F)(F)F)c1. The number of nitrogens with one attached hydrogen (secondary N) is 2. The molecule has 0 aliphatic carbocycles. The molecular formula is C25H25F6N3O3S. The van der Waals surface area contributed by atoms with E-state index in [1.54, 1.807) is 7.05 Å². The number of halogens is 6. The monoisotopic (exact) mass is 561 g/mol. The van der Waals surface area contributed by atoms with Crippen molar-refractivity contribution in [1.82, 2.24) is 10.2 Å². The van der Waals surface area contributed by atoms with Gasteiger partial charge in [0, 0.05) is 47.6 Å². The van der Waals surface area contributed by atoms with Crippen molar-refractivity contribution >= 4 is 35.3 Å². The van der Waals surface area contributed by atoms with Crippen LogP contribution in [0.15, 0.2) is 52.3 Å². The molecule has 2 aromatic carbocycles. The summed E-state index contributed by atoms with van der Waals surface area (Å²) in [5.74, 6) is -0.957. The maximum atomic E-state index is 14.1. The van der Waals surface area contributed by atoms with E-state index in [0.717, 1.165) is 24.3 Å². The summed E-state index contributed by atoms with van der Waals surface area (Å²) in [4.78, 5) is 25.2. The van der Waals surface area contributed by atoms with E-state index in [1.807, 2.05) is 0 Å². The number of rotatable bonds is 8. The zero-order valence-corrected chi connectivity index (χ0v) is 21.0. The van der Waals surface area contributed by atoms with E-state index in [0.29, 0.717) is 24.0 Å². The van der Waals surface area contributed by atoms with Gasteiger partial charge in [-0.15, -0.1) is 0 Å². The summed E-state index contributed by atoms with van der Waals surface area (Å²) in [5.41, 5.74) is -4.21. The van der Waals surface area contributed by atoms with Crippen LogP contribution in [0, 0.1) is 0 Å². The number of ether oxygens (including phenoxy) is 1. The zero-order chi connectivity index (χ0) is 27.9. The van der Waals surface area contributed by atoms with Crippen molar-refractivity contribution in [2.45, 2.75) is 28.6 Å². The Morgan fingerprint density at radius 2 is 1.71 bits per heavy atom. The van der Waals surface area contributed by atoms with E-state index >= 15 is 0 Å². The minimum atomic E-state index is -5.35. The average molecular weight is 562 g/mol. The number of amides is 2. The third-order valence-electron chi connectivity index (χ3n) is 5.44. The van der Waals surface area contributed by atoms with Crippen LogP contribution in [0.1, 0.15) is 23.1 Å². The van der Waals surface area contributed by atoms with Gasteiger partial charge in [0.15, 0.2) is 0 Å². The summed E-state index contributed by atoms with van der Waals surface area (Å²) in [6.45, 7) is 1.40. The number of carbonyl (C=O) groups excluding carboxylic acids is 2. The number of alkyl halides is 6. The third kappa shape index (κ3) is 7.98. The number of morpholine rings is 1. The fourth-order valence-electron chi connectivity index (χ4n) is 3.69. The highest BCUT2D eigenvalue weighted by Gasteiger charge is 2.46. The molecule has 1 aliphatic heterocycles. The number of hydrogen-bond acceptors (Lipinski definition) is 5. The normalized spacial score (nSPS) is 14.7. The van der Waals surface area contributed by atoms with Gasteiger partial charge in [-0.05, 0) is 43.0 Å². The molecule has 2 N–H and O–H groups in total. The van der Waals surface area contributed by atoms with Crippen molar-refractivity contribution < 1.29 is 40.7 Å². The first-order valence-corrected chi connectivity index (χ1v) is 12.3. The molecule has 0 spiro atoms. The van der Waals surface area contributed by atoms with Crippen LogP contribution in [0.3, 0.4) is 0 Å². The highest BCUT2D eigenvalue weighted by Crippen LogP contribution is 2.48. The minimum absolute atomic E-state index is 0.157. The van der Waals surface area contributed by atoms with Gasteiger partial charge in [-0.3, -0.25) is 9.59 Å². The number of anilines is 1. The molecule has 2 amide bonds. The first-order valence-electron chi connectivity index (χ1n) is 11.5. The molecular weight excluding hydrogens is 536 g/mol. The van der Waals surface area contributed by atoms with Gasteiger partial charge < -0.3 is 20.3 Å². The molecule has 13 heteroatoms. The van der Waals surface area contributed by atoms with Crippen LogP contribution in [0.5, 0.6) is 0 Å². The minimum Gasteiger partial charge on any atom is -0.378 e. The van der Waals surface area contributed by atoms with E-state index in [-0.39, 0.29) is 43.5 Å². The summed E-state index contributed by atoms with van der Waals surface area (Å²) in [6.07, 6.45) is -8.95. The molecule has 2 aromatic rings. The Hall–Kier alpha value is -3.03. The van der Waals surface area contributed by atoms with E-state index in [9.17, 15) is 35.9 Å². The lowest BCUT2D eigenvalue weighted by molar-refractivity contribution is -0.163. The molecule has 0 radical (unpaired) electrons. The highest BCUT2D eigenvalue weighted by molar-refractivity contribution is 7.99. The molecule has 1 heterocycles. The lowest BCUT2D eigenvalue weighted by Gasteiger charge is -2.25. The highest BCUT2D eigenvalue weighted by atomic mass is 32.2. The van der Waals surface area contributed by atoms with Gasteiger partial charge in [0.25, 0.3) is 0 Å². The molecule has 1 saturated heterocycles. The second kappa shape index (κ2) is 12.7. The van der Waals surface area contributed by atoms with E-state index in [1.165, 1.54) is 29.2 Å². The molecule has 0 atom stereocenters. The molecule has 1 fully saturated rings. The van der Waals surface area contributed by atoms with Gasteiger partial charge in [0.1, 0.15) is 0 Å². The molecule has 0 saturated carbocycles. The van der Waals surface area contributed by atoms with Crippen LogP contribution in [0.2, 0.25) is 0 Å². The van der Waals surface area contributed by atoms with Crippen LogP contribution in [-0.4, -0.2) is 56.6 Å². The number of nitrogens with zero attached hydrogens (tertiary/aromatic N) is 1. The van der Waals surface area contributed by atoms with Gasteiger partial charge in [0.05, 0.1) is 24.3 Å². The fourth-order valence-corrected chi connectivity index (χ4v) is 4.73. The van der Waals surface area contributed by atoms with Gasteiger partial charge >= 0.3 is 12.4 Å². The molecule has 206 valence electrons. The van der Waals surface area contributed by atoms with Crippen molar-refractivity contribution in [3.63, 3.8) is 0 Å². The quantitative estimate of drug-likeness (QED) is 0.339. The summed E-state index contributed by atoms with van der Waals surface area (Å²) >= 11 is 0.489. The molecule has 6 nitrogen and oxygen atoms in total. The predicted octanol–water partition coefficient (Wildman–Crippen LogP) is 5.30. The Bertz CT molecular complexity index is 1180. The van der Waals surface area contributed by atoms with E-state index < -0.39 is 39.8 Å². The van der Waals surface area contributed by atoms with Crippen molar-refractivity contribution in [3.05, 3.63) is 59.2 Å². The van der Waals surface area contributed by atoms with Crippen molar-refractivity contribution in [3.8, 4) is 0 Å². The van der Waals surface area contributed by atoms with Crippen LogP contribution in [-0.2, 0) is 26.7 Å². The Labute approximate surface area is 219 Å². The number of benzene rings is 2. The lowest BCUT2D eigenvalue weighted by Crippen LogP contribution is -2.39. The predicted molar refractivity (Wildman–Crippen MR) is 131 cm³/mol. The second-order valence-corrected chi connectivity index (χ2v) is 9.32. The largest absolute Gasteiger partial charge is 0.418 e. The van der Waals surface area contributed by atoms with Crippen molar-refractivity contribution in [2.24, 2.45) is 0 Å². The second-order valence-electron chi connectivity index (χ2n) is 8.20. The first kappa shape index (κ1) is 29.5.